The molecule has 0 aromatic heterocycles. The van der Waals surface area contributed by atoms with Crippen LogP contribution in [0.15, 0.2) is 29.2 Å². The Morgan fingerprint density at radius 3 is 2.52 bits per heavy atom. The van der Waals surface area contributed by atoms with Crippen LogP contribution in [0.4, 0.5) is 9.18 Å². The highest BCUT2D eigenvalue weighted by Crippen LogP contribution is 2.35. The van der Waals surface area contributed by atoms with Gasteiger partial charge in [0.15, 0.2) is 0 Å². The van der Waals surface area contributed by atoms with Gasteiger partial charge in [0, 0.05) is 17.2 Å². The van der Waals surface area contributed by atoms with Crippen LogP contribution >= 0.6 is 11.8 Å². The lowest BCUT2D eigenvalue weighted by Crippen LogP contribution is -2.44. The predicted octanol–water partition coefficient (Wildman–Crippen LogP) is 2.78. The van der Waals surface area contributed by atoms with Crippen LogP contribution in [0.3, 0.4) is 0 Å². The van der Waals surface area contributed by atoms with Crippen LogP contribution in [0, 0.1) is 5.82 Å². The van der Waals surface area contributed by atoms with Crippen LogP contribution in [0.5, 0.6) is 0 Å². The maximum absolute atomic E-state index is 12.8. The van der Waals surface area contributed by atoms with Gasteiger partial charge < -0.3 is 5.32 Å². The average molecular weight is 308 g/mol. The molecule has 1 saturated heterocycles. The summed E-state index contributed by atoms with van der Waals surface area (Å²) in [7, 11) is 0. The fourth-order valence-corrected chi connectivity index (χ4v) is 3.82. The fourth-order valence-electron chi connectivity index (χ4n) is 2.98. The Bertz CT molecular complexity index is 555. The summed E-state index contributed by atoms with van der Waals surface area (Å²) in [4.78, 5) is 26.6. The molecule has 1 saturated carbocycles. The molecule has 0 unspecified atom stereocenters. The molecule has 0 atom stereocenters. The highest BCUT2D eigenvalue weighted by Gasteiger charge is 2.51. The molecule has 1 aromatic carbocycles. The summed E-state index contributed by atoms with van der Waals surface area (Å²) in [5.74, 6) is 0.266. The van der Waals surface area contributed by atoms with Crippen LogP contribution in [-0.2, 0) is 4.79 Å². The Balaban J connectivity index is 1.56. The summed E-state index contributed by atoms with van der Waals surface area (Å²) in [5, 5.41) is 2.86. The number of hydrogen-bond acceptors (Lipinski definition) is 3. The zero-order valence-electron chi connectivity index (χ0n) is 11.6. The van der Waals surface area contributed by atoms with Crippen molar-refractivity contribution >= 4 is 23.7 Å². The Hall–Kier alpha value is -1.56. The minimum Gasteiger partial charge on any atom is -0.323 e. The van der Waals surface area contributed by atoms with Crippen molar-refractivity contribution in [3.8, 4) is 0 Å². The molecule has 6 heteroatoms. The molecule has 1 N–H and O–H groups in total. The van der Waals surface area contributed by atoms with E-state index in [0.29, 0.717) is 12.3 Å². The van der Waals surface area contributed by atoms with Crippen molar-refractivity contribution in [2.45, 2.75) is 36.1 Å². The van der Waals surface area contributed by atoms with Crippen molar-refractivity contribution in [3.05, 3.63) is 30.1 Å². The zero-order chi connectivity index (χ0) is 14.9. The number of carbonyl (C=O) groups excluding carboxylic acids is 2. The summed E-state index contributed by atoms with van der Waals surface area (Å²) in [5.41, 5.74) is -0.627. The second kappa shape index (κ2) is 5.67. The van der Waals surface area contributed by atoms with E-state index in [1.807, 2.05) is 0 Å². The fraction of sp³-hybridized carbons (Fsp3) is 0.467. The molecular weight excluding hydrogens is 291 g/mol. The molecule has 2 aliphatic rings. The summed E-state index contributed by atoms with van der Waals surface area (Å²) in [6.45, 7) is 0.383. The van der Waals surface area contributed by atoms with Gasteiger partial charge in [-0.15, -0.1) is 11.8 Å². The van der Waals surface area contributed by atoms with E-state index in [9.17, 15) is 14.0 Å². The quantitative estimate of drug-likeness (QED) is 0.687. The SMILES string of the molecule is O=C1NC2(CCCC2)C(=O)N1CCSc1ccc(F)cc1. The Labute approximate surface area is 127 Å². The van der Waals surface area contributed by atoms with Gasteiger partial charge in [-0.25, -0.2) is 9.18 Å². The van der Waals surface area contributed by atoms with E-state index in [1.165, 1.54) is 28.8 Å². The van der Waals surface area contributed by atoms with Gasteiger partial charge >= 0.3 is 6.03 Å². The van der Waals surface area contributed by atoms with Crippen molar-refractivity contribution in [1.82, 2.24) is 10.2 Å². The molecular formula is C15H17FN2O2S. The van der Waals surface area contributed by atoms with Crippen LogP contribution in [-0.4, -0.2) is 34.7 Å². The molecule has 1 heterocycles. The van der Waals surface area contributed by atoms with E-state index in [2.05, 4.69) is 5.32 Å². The van der Waals surface area contributed by atoms with Gasteiger partial charge in [0.05, 0.1) is 0 Å². The minimum absolute atomic E-state index is 0.0790. The number of urea groups is 1. The Kier molecular flexibility index (Phi) is 3.89. The predicted molar refractivity (Wildman–Crippen MR) is 78.6 cm³/mol. The first-order chi connectivity index (χ1) is 10.1. The third kappa shape index (κ3) is 2.77. The minimum atomic E-state index is -0.627. The molecule has 3 rings (SSSR count). The van der Waals surface area contributed by atoms with Crippen molar-refractivity contribution in [2.24, 2.45) is 0 Å². The van der Waals surface area contributed by atoms with Gasteiger partial charge in [0.1, 0.15) is 11.4 Å². The van der Waals surface area contributed by atoms with Crippen molar-refractivity contribution < 1.29 is 14.0 Å². The molecule has 3 amide bonds. The second-order valence-electron chi connectivity index (χ2n) is 5.48. The molecule has 4 nitrogen and oxygen atoms in total. The number of amides is 3. The summed E-state index contributed by atoms with van der Waals surface area (Å²) in [6, 6.07) is 5.93. The number of thioether (sulfide) groups is 1. The van der Waals surface area contributed by atoms with Gasteiger partial charge in [-0.3, -0.25) is 9.69 Å². The summed E-state index contributed by atoms with van der Waals surface area (Å²) >= 11 is 1.51. The smallest absolute Gasteiger partial charge is 0.323 e. The number of benzene rings is 1. The summed E-state index contributed by atoms with van der Waals surface area (Å²) < 4.78 is 12.8. The normalized spacial score (nSPS) is 20.3. The zero-order valence-corrected chi connectivity index (χ0v) is 12.4. The van der Waals surface area contributed by atoms with Gasteiger partial charge in [0.25, 0.3) is 5.91 Å². The number of imide groups is 1. The lowest BCUT2D eigenvalue weighted by molar-refractivity contribution is -0.130. The van der Waals surface area contributed by atoms with E-state index in [-0.39, 0.29) is 17.8 Å². The standard InChI is InChI=1S/C15H17FN2O2S/c16-11-3-5-12(6-4-11)21-10-9-18-13(19)15(17-14(18)20)7-1-2-8-15/h3-6H,1-2,7-10H2,(H,17,20). The largest absolute Gasteiger partial charge is 0.325 e. The number of nitrogens with one attached hydrogen (secondary N) is 1. The molecule has 112 valence electrons. The maximum Gasteiger partial charge on any atom is 0.325 e. The van der Waals surface area contributed by atoms with E-state index in [1.54, 1.807) is 12.1 Å². The maximum atomic E-state index is 12.8. The van der Waals surface area contributed by atoms with Gasteiger partial charge in [-0.2, -0.15) is 0 Å². The second-order valence-corrected chi connectivity index (χ2v) is 6.65. The van der Waals surface area contributed by atoms with Crippen molar-refractivity contribution in [3.63, 3.8) is 0 Å². The van der Waals surface area contributed by atoms with Gasteiger partial charge in [0.2, 0.25) is 0 Å². The highest BCUT2D eigenvalue weighted by atomic mass is 32.2. The molecule has 1 aromatic rings. The average Bonchev–Trinajstić information content (AvgIpc) is 3.02. The van der Waals surface area contributed by atoms with E-state index in [0.717, 1.165) is 30.6 Å². The molecule has 21 heavy (non-hydrogen) atoms. The van der Waals surface area contributed by atoms with Crippen LogP contribution in [0.1, 0.15) is 25.7 Å². The third-order valence-corrected chi connectivity index (χ3v) is 5.09. The first kappa shape index (κ1) is 14.4. The molecule has 1 aliphatic carbocycles. The van der Waals surface area contributed by atoms with E-state index in [4.69, 9.17) is 0 Å². The van der Waals surface area contributed by atoms with Crippen molar-refractivity contribution in [2.75, 3.05) is 12.3 Å². The number of rotatable bonds is 4. The van der Waals surface area contributed by atoms with Gasteiger partial charge in [-0.05, 0) is 37.1 Å². The van der Waals surface area contributed by atoms with E-state index >= 15 is 0 Å². The van der Waals surface area contributed by atoms with Crippen molar-refractivity contribution in [1.29, 1.82) is 0 Å². The molecule has 2 fully saturated rings. The number of carbonyl (C=O) groups is 2. The third-order valence-electron chi connectivity index (χ3n) is 4.10. The lowest BCUT2D eigenvalue weighted by atomic mass is 9.98. The molecule has 1 aliphatic heterocycles. The van der Waals surface area contributed by atoms with Crippen LogP contribution in [0.25, 0.3) is 0 Å². The lowest BCUT2D eigenvalue weighted by Gasteiger charge is -2.19. The summed E-state index contributed by atoms with van der Waals surface area (Å²) in [6.07, 6.45) is 3.48. The molecule has 1 spiro atoms. The number of hydrogen-bond donors (Lipinski definition) is 1. The first-order valence-electron chi connectivity index (χ1n) is 7.13. The molecule has 0 radical (unpaired) electrons. The Morgan fingerprint density at radius 1 is 1.19 bits per heavy atom. The highest BCUT2D eigenvalue weighted by molar-refractivity contribution is 7.99. The Morgan fingerprint density at radius 2 is 1.86 bits per heavy atom. The number of nitrogens with zero attached hydrogens (tertiary/aromatic N) is 1. The van der Waals surface area contributed by atoms with E-state index < -0.39 is 5.54 Å². The first-order valence-corrected chi connectivity index (χ1v) is 8.12. The van der Waals surface area contributed by atoms with Crippen LogP contribution < -0.4 is 5.32 Å². The monoisotopic (exact) mass is 308 g/mol. The number of halogens is 1. The molecule has 0 bridgehead atoms. The van der Waals surface area contributed by atoms with Gasteiger partial charge in [-0.1, -0.05) is 12.8 Å². The van der Waals surface area contributed by atoms with Crippen LogP contribution in [0.2, 0.25) is 0 Å². The topological polar surface area (TPSA) is 49.4 Å².